The second kappa shape index (κ2) is 4.38. The molecule has 0 aliphatic carbocycles. The Kier molecular flexibility index (Phi) is 3.44. The normalized spacial score (nSPS) is 12.6. The Bertz CT molecular complexity index is 248. The zero-order valence-electron chi connectivity index (χ0n) is 7.15. The van der Waals surface area contributed by atoms with E-state index >= 15 is 0 Å². The molecule has 0 saturated carbocycles. The van der Waals surface area contributed by atoms with Crippen LogP contribution in [0, 0.1) is 0 Å². The van der Waals surface area contributed by atoms with Gasteiger partial charge in [-0.1, -0.05) is 17.8 Å². The molecule has 3 heteroatoms. The van der Waals surface area contributed by atoms with E-state index in [1.54, 1.807) is 14.0 Å². The molecule has 1 aromatic carbocycles. The maximum Gasteiger partial charge on any atom is 0.119 e. The van der Waals surface area contributed by atoms with Gasteiger partial charge in [-0.2, -0.15) is 0 Å². The van der Waals surface area contributed by atoms with Crippen LogP contribution in [-0.2, 0) is 0 Å². The minimum absolute atomic E-state index is 0.378. The van der Waals surface area contributed by atoms with Gasteiger partial charge in [0.25, 0.3) is 0 Å². The summed E-state index contributed by atoms with van der Waals surface area (Å²) >= 11 is 1.40. The van der Waals surface area contributed by atoms with Crippen LogP contribution in [0.25, 0.3) is 0 Å². The van der Waals surface area contributed by atoms with E-state index in [-0.39, 0.29) is 5.44 Å². The van der Waals surface area contributed by atoms with Crippen molar-refractivity contribution in [2.24, 2.45) is 0 Å². The summed E-state index contributed by atoms with van der Waals surface area (Å²) in [5.74, 6) is 0.820. The van der Waals surface area contributed by atoms with E-state index in [1.807, 2.05) is 24.3 Å². The zero-order chi connectivity index (χ0) is 8.97. The number of ether oxygens (including phenoxy) is 1. The van der Waals surface area contributed by atoms with E-state index in [4.69, 9.17) is 9.84 Å². The Balaban J connectivity index is 2.72. The van der Waals surface area contributed by atoms with Gasteiger partial charge in [0.05, 0.1) is 7.11 Å². The third kappa shape index (κ3) is 2.75. The number of hydrogen-bond acceptors (Lipinski definition) is 3. The van der Waals surface area contributed by atoms with Gasteiger partial charge in [0.2, 0.25) is 0 Å². The van der Waals surface area contributed by atoms with Crippen LogP contribution in [0.1, 0.15) is 6.92 Å². The maximum absolute atomic E-state index is 9.09. The van der Waals surface area contributed by atoms with E-state index in [9.17, 15) is 0 Å². The number of rotatable bonds is 3. The van der Waals surface area contributed by atoms with Crippen molar-refractivity contribution < 1.29 is 9.84 Å². The van der Waals surface area contributed by atoms with Gasteiger partial charge in [-0.05, 0) is 25.1 Å². The SMILES string of the molecule is COc1cccc(S[C@H](C)O)c1. The molecule has 0 saturated heterocycles. The number of benzene rings is 1. The molecule has 0 bridgehead atoms. The summed E-state index contributed by atoms with van der Waals surface area (Å²) in [6.45, 7) is 1.74. The number of aliphatic hydroxyl groups is 1. The largest absolute Gasteiger partial charge is 0.497 e. The third-order valence-electron chi connectivity index (χ3n) is 1.35. The number of methoxy groups -OCH3 is 1. The molecule has 1 rings (SSSR count). The molecule has 0 amide bonds. The topological polar surface area (TPSA) is 29.5 Å². The van der Waals surface area contributed by atoms with E-state index < -0.39 is 0 Å². The Morgan fingerprint density at radius 3 is 2.83 bits per heavy atom. The van der Waals surface area contributed by atoms with Crippen LogP contribution >= 0.6 is 11.8 Å². The summed E-state index contributed by atoms with van der Waals surface area (Å²) < 4.78 is 5.04. The molecule has 0 heterocycles. The highest BCUT2D eigenvalue weighted by atomic mass is 32.2. The van der Waals surface area contributed by atoms with Crippen LogP contribution in [0.5, 0.6) is 5.75 Å². The second-order valence-corrected chi connectivity index (χ2v) is 3.79. The lowest BCUT2D eigenvalue weighted by Crippen LogP contribution is -1.91. The molecule has 1 aromatic rings. The van der Waals surface area contributed by atoms with Crippen LogP contribution in [0.3, 0.4) is 0 Å². The molecule has 0 spiro atoms. The number of hydrogen-bond donors (Lipinski definition) is 1. The van der Waals surface area contributed by atoms with E-state index in [1.165, 1.54) is 11.8 Å². The fourth-order valence-corrected chi connectivity index (χ4v) is 1.61. The van der Waals surface area contributed by atoms with Crippen LogP contribution < -0.4 is 4.74 Å². The van der Waals surface area contributed by atoms with Crippen molar-refractivity contribution in [2.75, 3.05) is 7.11 Å². The van der Waals surface area contributed by atoms with Crippen molar-refractivity contribution >= 4 is 11.8 Å². The fraction of sp³-hybridized carbons (Fsp3) is 0.333. The molecule has 0 unspecified atom stereocenters. The highest BCUT2D eigenvalue weighted by Gasteiger charge is 1.99. The van der Waals surface area contributed by atoms with Crippen molar-refractivity contribution in [1.29, 1.82) is 0 Å². The smallest absolute Gasteiger partial charge is 0.119 e. The zero-order valence-corrected chi connectivity index (χ0v) is 7.97. The first-order chi connectivity index (χ1) is 5.72. The Hall–Kier alpha value is -0.670. The van der Waals surface area contributed by atoms with Crippen LogP contribution in [0.15, 0.2) is 29.2 Å². The van der Waals surface area contributed by atoms with Crippen molar-refractivity contribution in [3.05, 3.63) is 24.3 Å². The van der Waals surface area contributed by atoms with E-state index in [0.717, 1.165) is 10.6 Å². The summed E-state index contributed by atoms with van der Waals surface area (Å²) in [5, 5.41) is 9.09. The van der Waals surface area contributed by atoms with Gasteiger partial charge in [0.1, 0.15) is 11.2 Å². The van der Waals surface area contributed by atoms with Crippen LogP contribution in [0.2, 0.25) is 0 Å². The lowest BCUT2D eigenvalue weighted by Gasteiger charge is -2.05. The summed E-state index contributed by atoms with van der Waals surface area (Å²) in [4.78, 5) is 1.02. The predicted molar refractivity (Wildman–Crippen MR) is 50.5 cm³/mol. The average molecular weight is 184 g/mol. The first-order valence-corrected chi connectivity index (χ1v) is 4.59. The molecular weight excluding hydrogens is 172 g/mol. The van der Waals surface area contributed by atoms with Gasteiger partial charge in [-0.25, -0.2) is 0 Å². The Morgan fingerprint density at radius 2 is 2.25 bits per heavy atom. The molecule has 66 valence electrons. The standard InChI is InChI=1S/C9H12O2S/c1-7(10)12-9-5-3-4-8(6-9)11-2/h3-7,10H,1-2H3/t7-/m1/s1. The molecule has 2 nitrogen and oxygen atoms in total. The summed E-state index contributed by atoms with van der Waals surface area (Å²) in [6, 6.07) is 7.63. The van der Waals surface area contributed by atoms with Gasteiger partial charge < -0.3 is 9.84 Å². The molecule has 0 aromatic heterocycles. The van der Waals surface area contributed by atoms with E-state index in [2.05, 4.69) is 0 Å². The summed E-state index contributed by atoms with van der Waals surface area (Å²) in [6.07, 6.45) is 0. The average Bonchev–Trinajstić information content (AvgIpc) is 2.03. The first-order valence-electron chi connectivity index (χ1n) is 3.71. The maximum atomic E-state index is 9.09. The van der Waals surface area contributed by atoms with Gasteiger partial charge in [-0.15, -0.1) is 0 Å². The van der Waals surface area contributed by atoms with Gasteiger partial charge in [-0.3, -0.25) is 0 Å². The molecule has 12 heavy (non-hydrogen) atoms. The molecule has 1 N–H and O–H groups in total. The number of aliphatic hydroxyl groups excluding tert-OH is 1. The molecular formula is C9H12O2S. The van der Waals surface area contributed by atoms with Crippen molar-refractivity contribution in [1.82, 2.24) is 0 Å². The molecule has 1 atom stereocenters. The van der Waals surface area contributed by atoms with Crippen molar-refractivity contribution in [3.8, 4) is 5.75 Å². The lowest BCUT2D eigenvalue weighted by atomic mass is 10.3. The van der Waals surface area contributed by atoms with E-state index in [0.29, 0.717) is 0 Å². The monoisotopic (exact) mass is 184 g/mol. The molecule has 0 aliphatic rings. The van der Waals surface area contributed by atoms with Gasteiger partial charge >= 0.3 is 0 Å². The highest BCUT2D eigenvalue weighted by molar-refractivity contribution is 7.99. The second-order valence-electron chi connectivity index (χ2n) is 2.40. The molecule has 0 radical (unpaired) electrons. The van der Waals surface area contributed by atoms with Crippen molar-refractivity contribution in [2.45, 2.75) is 17.3 Å². The Morgan fingerprint density at radius 1 is 1.50 bits per heavy atom. The number of thioether (sulfide) groups is 1. The van der Waals surface area contributed by atoms with Gasteiger partial charge in [0.15, 0.2) is 0 Å². The van der Waals surface area contributed by atoms with Crippen LogP contribution in [0.4, 0.5) is 0 Å². The Labute approximate surface area is 76.6 Å². The lowest BCUT2D eigenvalue weighted by molar-refractivity contribution is 0.284. The predicted octanol–water partition coefficient (Wildman–Crippen LogP) is 2.13. The quantitative estimate of drug-likeness (QED) is 0.576. The molecule has 0 aliphatic heterocycles. The first kappa shape index (κ1) is 9.42. The van der Waals surface area contributed by atoms with Crippen molar-refractivity contribution in [3.63, 3.8) is 0 Å². The summed E-state index contributed by atoms with van der Waals surface area (Å²) in [5.41, 5.74) is -0.378. The molecule has 0 fully saturated rings. The minimum atomic E-state index is -0.378. The van der Waals surface area contributed by atoms with Gasteiger partial charge in [0, 0.05) is 4.90 Å². The minimum Gasteiger partial charge on any atom is -0.497 e. The highest BCUT2D eigenvalue weighted by Crippen LogP contribution is 2.24. The fourth-order valence-electron chi connectivity index (χ4n) is 0.871. The third-order valence-corrected chi connectivity index (χ3v) is 2.22. The summed E-state index contributed by atoms with van der Waals surface area (Å²) in [7, 11) is 1.63. The van der Waals surface area contributed by atoms with Crippen LogP contribution in [-0.4, -0.2) is 17.7 Å².